The van der Waals surface area contributed by atoms with Crippen molar-refractivity contribution in [2.75, 3.05) is 11.1 Å². The molecular formula is C21H16ClN3O2S2. The fourth-order valence-corrected chi connectivity index (χ4v) is 4.51. The van der Waals surface area contributed by atoms with E-state index in [0.29, 0.717) is 33.3 Å². The first-order valence-electron chi connectivity index (χ1n) is 8.81. The van der Waals surface area contributed by atoms with Gasteiger partial charge < -0.3 is 5.32 Å². The van der Waals surface area contributed by atoms with E-state index in [9.17, 15) is 9.59 Å². The number of thiophene rings is 1. The second-order valence-corrected chi connectivity index (χ2v) is 8.58. The molecule has 0 saturated heterocycles. The average molecular weight is 442 g/mol. The molecule has 2 aromatic carbocycles. The van der Waals surface area contributed by atoms with Gasteiger partial charge in [-0.2, -0.15) is 0 Å². The SMILES string of the molecule is O=C(CSc1nc2ccccc2c(=O)n1Cc1cccs1)Nc1ccccc1Cl. The van der Waals surface area contributed by atoms with Gasteiger partial charge in [-0.3, -0.25) is 14.2 Å². The Morgan fingerprint density at radius 1 is 1.10 bits per heavy atom. The molecule has 0 unspecified atom stereocenters. The predicted molar refractivity (Wildman–Crippen MR) is 120 cm³/mol. The summed E-state index contributed by atoms with van der Waals surface area (Å²) in [6.07, 6.45) is 0. The van der Waals surface area contributed by atoms with E-state index in [-0.39, 0.29) is 17.2 Å². The zero-order valence-electron chi connectivity index (χ0n) is 15.2. The fourth-order valence-electron chi connectivity index (χ4n) is 2.83. The van der Waals surface area contributed by atoms with Crippen LogP contribution < -0.4 is 10.9 Å². The molecule has 5 nitrogen and oxygen atoms in total. The van der Waals surface area contributed by atoms with E-state index in [1.165, 1.54) is 11.8 Å². The third-order valence-electron chi connectivity index (χ3n) is 4.20. The molecule has 4 rings (SSSR count). The van der Waals surface area contributed by atoms with E-state index in [1.54, 1.807) is 52.3 Å². The lowest BCUT2D eigenvalue weighted by molar-refractivity contribution is -0.113. The van der Waals surface area contributed by atoms with Crippen LogP contribution in [0.1, 0.15) is 4.88 Å². The van der Waals surface area contributed by atoms with Crippen molar-refractivity contribution in [2.45, 2.75) is 11.7 Å². The van der Waals surface area contributed by atoms with Gasteiger partial charge in [-0.05, 0) is 35.7 Å². The van der Waals surface area contributed by atoms with Crippen LogP contribution in [-0.2, 0) is 11.3 Å². The Kier molecular flexibility index (Phi) is 5.99. The van der Waals surface area contributed by atoms with Crippen molar-refractivity contribution < 1.29 is 4.79 Å². The molecule has 1 N–H and O–H groups in total. The second-order valence-electron chi connectivity index (χ2n) is 6.20. The van der Waals surface area contributed by atoms with Gasteiger partial charge in [0.1, 0.15) is 0 Å². The minimum Gasteiger partial charge on any atom is -0.324 e. The maximum Gasteiger partial charge on any atom is 0.262 e. The van der Waals surface area contributed by atoms with Crippen LogP contribution in [0.4, 0.5) is 5.69 Å². The summed E-state index contributed by atoms with van der Waals surface area (Å²) in [5, 5.41) is 6.31. The van der Waals surface area contributed by atoms with Crippen molar-refractivity contribution in [3.05, 3.63) is 86.3 Å². The zero-order valence-corrected chi connectivity index (χ0v) is 17.6. The number of hydrogen-bond acceptors (Lipinski definition) is 5. The molecule has 0 aliphatic rings. The van der Waals surface area contributed by atoms with Crippen LogP contribution >= 0.6 is 34.7 Å². The van der Waals surface area contributed by atoms with Crippen LogP contribution in [0.2, 0.25) is 5.02 Å². The molecule has 4 aromatic rings. The maximum atomic E-state index is 13.1. The van der Waals surface area contributed by atoms with Crippen LogP contribution in [-0.4, -0.2) is 21.2 Å². The maximum absolute atomic E-state index is 13.1. The number of anilines is 1. The first-order valence-corrected chi connectivity index (χ1v) is 11.1. The van der Waals surface area contributed by atoms with Crippen molar-refractivity contribution in [1.82, 2.24) is 9.55 Å². The number of benzene rings is 2. The quantitative estimate of drug-likeness (QED) is 0.342. The molecule has 0 fully saturated rings. The Balaban J connectivity index is 1.61. The van der Waals surface area contributed by atoms with Gasteiger partial charge >= 0.3 is 0 Å². The third-order valence-corrected chi connectivity index (χ3v) is 6.37. The number of rotatable bonds is 6. The van der Waals surface area contributed by atoms with E-state index in [1.807, 2.05) is 29.6 Å². The van der Waals surface area contributed by atoms with Crippen molar-refractivity contribution in [1.29, 1.82) is 0 Å². The normalized spacial score (nSPS) is 10.9. The highest BCUT2D eigenvalue weighted by Gasteiger charge is 2.14. The van der Waals surface area contributed by atoms with E-state index < -0.39 is 0 Å². The van der Waals surface area contributed by atoms with Crippen LogP contribution in [0.15, 0.2) is 76.0 Å². The summed E-state index contributed by atoms with van der Waals surface area (Å²) in [6.45, 7) is 0.419. The number of aromatic nitrogens is 2. The number of para-hydroxylation sites is 2. The number of carbonyl (C=O) groups excluding carboxylic acids is 1. The van der Waals surface area contributed by atoms with Crippen LogP contribution in [0.3, 0.4) is 0 Å². The van der Waals surface area contributed by atoms with E-state index in [0.717, 1.165) is 4.88 Å². The Morgan fingerprint density at radius 3 is 2.69 bits per heavy atom. The number of amides is 1. The molecule has 2 aromatic heterocycles. The topological polar surface area (TPSA) is 64.0 Å². The highest BCUT2D eigenvalue weighted by atomic mass is 35.5. The van der Waals surface area contributed by atoms with Gasteiger partial charge in [0.25, 0.3) is 5.56 Å². The van der Waals surface area contributed by atoms with E-state index in [4.69, 9.17) is 11.6 Å². The highest BCUT2D eigenvalue weighted by molar-refractivity contribution is 7.99. The largest absolute Gasteiger partial charge is 0.324 e. The summed E-state index contributed by atoms with van der Waals surface area (Å²) in [6, 6.07) is 18.2. The molecule has 0 aliphatic carbocycles. The van der Waals surface area contributed by atoms with Crippen molar-refractivity contribution in [2.24, 2.45) is 0 Å². The van der Waals surface area contributed by atoms with Crippen LogP contribution in [0, 0.1) is 0 Å². The lowest BCUT2D eigenvalue weighted by Crippen LogP contribution is -2.24. The van der Waals surface area contributed by atoms with Crippen molar-refractivity contribution >= 4 is 57.2 Å². The summed E-state index contributed by atoms with van der Waals surface area (Å²) in [4.78, 5) is 31.1. The molecule has 2 heterocycles. The Hall–Kier alpha value is -2.61. The molecule has 146 valence electrons. The van der Waals surface area contributed by atoms with Gasteiger partial charge in [0.2, 0.25) is 5.91 Å². The minimum atomic E-state index is -0.215. The Morgan fingerprint density at radius 2 is 1.90 bits per heavy atom. The molecule has 0 radical (unpaired) electrons. The monoisotopic (exact) mass is 441 g/mol. The second kappa shape index (κ2) is 8.82. The summed E-state index contributed by atoms with van der Waals surface area (Å²) in [5.41, 5.74) is 1.06. The Bertz CT molecular complexity index is 1220. The standard InChI is InChI=1S/C21H16ClN3O2S2/c22-16-8-2-4-10-18(16)23-19(26)13-29-21-24-17-9-3-1-7-15(17)20(27)25(21)12-14-6-5-11-28-14/h1-11H,12-13H2,(H,23,26). The molecule has 0 atom stereocenters. The lowest BCUT2D eigenvalue weighted by atomic mass is 10.2. The van der Waals surface area contributed by atoms with Gasteiger partial charge in [0.15, 0.2) is 5.16 Å². The smallest absolute Gasteiger partial charge is 0.262 e. The number of fused-ring (bicyclic) bond motifs is 1. The van der Waals surface area contributed by atoms with Gasteiger partial charge in [0, 0.05) is 4.88 Å². The van der Waals surface area contributed by atoms with Gasteiger partial charge in [0.05, 0.1) is 33.9 Å². The lowest BCUT2D eigenvalue weighted by Gasteiger charge is -2.12. The summed E-state index contributed by atoms with van der Waals surface area (Å²) in [7, 11) is 0. The molecule has 8 heteroatoms. The molecule has 0 spiro atoms. The van der Waals surface area contributed by atoms with Crippen molar-refractivity contribution in [3.8, 4) is 0 Å². The van der Waals surface area contributed by atoms with Crippen molar-refractivity contribution in [3.63, 3.8) is 0 Å². The third kappa shape index (κ3) is 4.53. The number of thioether (sulfide) groups is 1. The Labute approximate surface area is 180 Å². The summed E-state index contributed by atoms with van der Waals surface area (Å²) < 4.78 is 1.63. The molecule has 1 amide bonds. The number of hydrogen-bond donors (Lipinski definition) is 1. The summed E-state index contributed by atoms with van der Waals surface area (Å²) >= 11 is 8.91. The summed E-state index contributed by atoms with van der Waals surface area (Å²) in [5.74, 6) is -0.103. The van der Waals surface area contributed by atoms with E-state index >= 15 is 0 Å². The number of nitrogens with zero attached hydrogens (tertiary/aromatic N) is 2. The highest BCUT2D eigenvalue weighted by Crippen LogP contribution is 2.23. The van der Waals surface area contributed by atoms with Crippen LogP contribution in [0.25, 0.3) is 10.9 Å². The number of carbonyl (C=O) groups is 1. The van der Waals surface area contributed by atoms with Gasteiger partial charge in [-0.1, -0.05) is 53.7 Å². The fraction of sp³-hybridized carbons (Fsp3) is 0.0952. The first-order chi connectivity index (χ1) is 14.1. The molecular weight excluding hydrogens is 426 g/mol. The average Bonchev–Trinajstić information content (AvgIpc) is 3.24. The number of halogens is 1. The molecule has 0 aliphatic heterocycles. The molecule has 0 bridgehead atoms. The van der Waals surface area contributed by atoms with E-state index in [2.05, 4.69) is 10.3 Å². The first kappa shape index (κ1) is 19.7. The van der Waals surface area contributed by atoms with Crippen LogP contribution in [0.5, 0.6) is 0 Å². The molecule has 0 saturated carbocycles. The van der Waals surface area contributed by atoms with Gasteiger partial charge in [-0.15, -0.1) is 11.3 Å². The predicted octanol–water partition coefficient (Wildman–Crippen LogP) is 4.89. The zero-order chi connectivity index (χ0) is 20.2. The van der Waals surface area contributed by atoms with Gasteiger partial charge in [-0.25, -0.2) is 4.98 Å². The number of nitrogens with one attached hydrogen (secondary N) is 1. The molecule has 29 heavy (non-hydrogen) atoms. The minimum absolute atomic E-state index is 0.112.